The molecule has 0 spiro atoms. The van der Waals surface area contributed by atoms with Crippen LogP contribution in [0, 0.1) is 0 Å². The first-order valence-corrected chi connectivity index (χ1v) is 8.28. The number of benzene rings is 1. The molecule has 0 bridgehead atoms. The maximum absolute atomic E-state index is 12.2. The van der Waals surface area contributed by atoms with Crippen LogP contribution in [0.3, 0.4) is 0 Å². The summed E-state index contributed by atoms with van der Waals surface area (Å²) in [6.45, 7) is 5.80. The molecular weight excluding hydrogens is 343 g/mol. The molecule has 4 nitrogen and oxygen atoms in total. The monoisotopic (exact) mass is 359 g/mol. The Labute approximate surface area is 132 Å². The van der Waals surface area contributed by atoms with Crippen molar-refractivity contribution < 1.29 is 26.4 Å². The van der Waals surface area contributed by atoms with Crippen molar-refractivity contribution in [3.63, 3.8) is 0 Å². The molecule has 0 amide bonds. The Bertz CT molecular complexity index is 615. The van der Waals surface area contributed by atoms with E-state index in [1.54, 1.807) is 6.92 Å². The smallest absolute Gasteiger partial charge is 0.294 e. The van der Waals surface area contributed by atoms with Crippen LogP contribution in [0.2, 0.25) is 5.02 Å². The predicted molar refractivity (Wildman–Crippen MR) is 80.6 cm³/mol. The number of hydrogen-bond donors (Lipinski definition) is 1. The second kappa shape index (κ2) is 8.38. The standard InChI is InChI=1S/C10H9ClF3NO3S.C3H8/c1-2-9(16)7-5-6(3-4-8(7)11)15-19(17,18)10(12,13)14;1-3-2/h3-5,15H,2H2,1H3;3H2,1-2H3. The van der Waals surface area contributed by atoms with Crippen LogP contribution in [0.25, 0.3) is 0 Å². The summed E-state index contributed by atoms with van der Waals surface area (Å²) in [6, 6.07) is 3.16. The van der Waals surface area contributed by atoms with Crippen LogP contribution in [0.15, 0.2) is 18.2 Å². The van der Waals surface area contributed by atoms with Crippen LogP contribution < -0.4 is 4.72 Å². The summed E-state index contributed by atoms with van der Waals surface area (Å²) in [7, 11) is -5.52. The number of halogens is 4. The summed E-state index contributed by atoms with van der Waals surface area (Å²) < 4.78 is 59.7. The second-order valence-corrected chi connectivity index (χ2v) is 6.31. The van der Waals surface area contributed by atoms with E-state index in [2.05, 4.69) is 13.8 Å². The normalized spacial score (nSPS) is 11.4. The summed E-state index contributed by atoms with van der Waals surface area (Å²) in [5.41, 5.74) is -5.84. The topological polar surface area (TPSA) is 63.2 Å². The Morgan fingerprint density at radius 2 is 1.73 bits per heavy atom. The first-order valence-electron chi connectivity index (χ1n) is 6.41. The molecule has 0 heterocycles. The lowest BCUT2D eigenvalue weighted by atomic mass is 10.1. The van der Waals surface area contributed by atoms with Gasteiger partial charge in [-0.3, -0.25) is 9.52 Å². The van der Waals surface area contributed by atoms with Gasteiger partial charge < -0.3 is 0 Å². The summed E-state index contributed by atoms with van der Waals surface area (Å²) in [5, 5.41) is 0.0433. The Hall–Kier alpha value is -1.28. The summed E-state index contributed by atoms with van der Waals surface area (Å²) in [5.74, 6) is -0.405. The van der Waals surface area contributed by atoms with Gasteiger partial charge >= 0.3 is 15.5 Å². The quantitative estimate of drug-likeness (QED) is 0.798. The molecule has 0 saturated heterocycles. The fourth-order valence-corrected chi connectivity index (χ4v) is 1.98. The molecule has 22 heavy (non-hydrogen) atoms. The SMILES string of the molecule is CCC.CCC(=O)c1cc(NS(=O)(=O)C(F)(F)F)ccc1Cl. The molecule has 1 aromatic carbocycles. The van der Waals surface area contributed by atoms with Crippen molar-refractivity contribution in [3.8, 4) is 0 Å². The number of alkyl halides is 3. The number of ketones is 1. The Balaban J connectivity index is 0.00000135. The molecule has 9 heteroatoms. The predicted octanol–water partition coefficient (Wildman–Crippen LogP) is 4.61. The molecule has 0 aliphatic heterocycles. The van der Waals surface area contributed by atoms with Crippen LogP contribution in [-0.4, -0.2) is 19.7 Å². The molecular formula is C13H17ClF3NO3S. The zero-order valence-corrected chi connectivity index (χ0v) is 13.9. The lowest BCUT2D eigenvalue weighted by molar-refractivity contribution is -0.0429. The van der Waals surface area contributed by atoms with Crippen molar-refractivity contribution in [2.45, 2.75) is 39.1 Å². The molecule has 1 rings (SSSR count). The van der Waals surface area contributed by atoms with Gasteiger partial charge in [-0.25, -0.2) is 0 Å². The third-order valence-electron chi connectivity index (χ3n) is 2.14. The van der Waals surface area contributed by atoms with E-state index in [1.165, 1.54) is 11.1 Å². The van der Waals surface area contributed by atoms with Gasteiger partial charge in [0.15, 0.2) is 5.78 Å². The van der Waals surface area contributed by atoms with Gasteiger partial charge in [0.1, 0.15) is 0 Å². The third kappa shape index (κ3) is 5.84. The van der Waals surface area contributed by atoms with E-state index in [-0.39, 0.29) is 22.7 Å². The van der Waals surface area contributed by atoms with Gasteiger partial charge in [-0.2, -0.15) is 21.6 Å². The molecule has 0 aliphatic carbocycles. The van der Waals surface area contributed by atoms with Crippen molar-refractivity contribution in [3.05, 3.63) is 28.8 Å². The molecule has 0 fully saturated rings. The molecule has 0 aromatic heterocycles. The van der Waals surface area contributed by atoms with Gasteiger partial charge in [0, 0.05) is 17.7 Å². The van der Waals surface area contributed by atoms with Crippen LogP contribution in [-0.2, 0) is 10.0 Å². The summed E-state index contributed by atoms with van der Waals surface area (Å²) >= 11 is 5.71. The maximum atomic E-state index is 12.2. The first kappa shape index (κ1) is 20.7. The minimum absolute atomic E-state index is 0.0356. The summed E-state index contributed by atoms with van der Waals surface area (Å²) in [4.78, 5) is 11.5. The molecule has 0 unspecified atom stereocenters. The molecule has 1 aromatic rings. The van der Waals surface area contributed by atoms with E-state index in [0.717, 1.165) is 18.2 Å². The van der Waals surface area contributed by atoms with Crippen molar-refractivity contribution >= 4 is 33.1 Å². The highest BCUT2D eigenvalue weighted by Gasteiger charge is 2.46. The minimum Gasteiger partial charge on any atom is -0.294 e. The van der Waals surface area contributed by atoms with E-state index >= 15 is 0 Å². The number of carbonyl (C=O) groups is 1. The maximum Gasteiger partial charge on any atom is 0.516 e. The highest BCUT2D eigenvalue weighted by atomic mass is 35.5. The Morgan fingerprint density at radius 1 is 1.23 bits per heavy atom. The molecule has 0 aliphatic rings. The van der Waals surface area contributed by atoms with Gasteiger partial charge in [0.05, 0.1) is 5.02 Å². The van der Waals surface area contributed by atoms with Crippen LogP contribution in [0.5, 0.6) is 0 Å². The second-order valence-electron chi connectivity index (χ2n) is 4.23. The average Bonchev–Trinajstić information content (AvgIpc) is 2.39. The fourth-order valence-electron chi connectivity index (χ4n) is 1.21. The van der Waals surface area contributed by atoms with Gasteiger partial charge in [-0.05, 0) is 18.2 Å². The number of anilines is 1. The first-order chi connectivity index (χ1) is 10.00. The number of rotatable bonds is 4. The Morgan fingerprint density at radius 3 is 2.14 bits per heavy atom. The number of Topliss-reactive ketones (excluding diaryl/α,β-unsaturated/α-hetero) is 1. The summed E-state index contributed by atoms with van der Waals surface area (Å²) in [6.07, 6.45) is 1.34. The molecule has 0 saturated carbocycles. The lowest BCUT2D eigenvalue weighted by Gasteiger charge is -2.11. The highest BCUT2D eigenvalue weighted by molar-refractivity contribution is 7.93. The van der Waals surface area contributed by atoms with E-state index in [4.69, 9.17) is 11.6 Å². The largest absolute Gasteiger partial charge is 0.516 e. The van der Waals surface area contributed by atoms with E-state index in [1.807, 2.05) is 0 Å². The molecule has 1 N–H and O–H groups in total. The van der Waals surface area contributed by atoms with Crippen LogP contribution in [0.1, 0.15) is 44.0 Å². The van der Waals surface area contributed by atoms with E-state index in [0.29, 0.717) is 0 Å². The zero-order valence-electron chi connectivity index (χ0n) is 12.3. The van der Waals surface area contributed by atoms with Gasteiger partial charge in [0.25, 0.3) is 0 Å². The van der Waals surface area contributed by atoms with Crippen molar-refractivity contribution in [2.24, 2.45) is 0 Å². The van der Waals surface area contributed by atoms with Crippen molar-refractivity contribution in [1.82, 2.24) is 0 Å². The number of carbonyl (C=O) groups excluding carboxylic acids is 1. The van der Waals surface area contributed by atoms with Gasteiger partial charge in [-0.15, -0.1) is 0 Å². The number of nitrogens with one attached hydrogen (secondary N) is 1. The minimum atomic E-state index is -5.52. The number of sulfonamides is 1. The van der Waals surface area contributed by atoms with E-state index < -0.39 is 21.3 Å². The molecule has 0 radical (unpaired) electrons. The fraction of sp³-hybridized carbons (Fsp3) is 0.462. The van der Waals surface area contributed by atoms with Crippen LogP contribution >= 0.6 is 11.6 Å². The van der Waals surface area contributed by atoms with E-state index in [9.17, 15) is 26.4 Å². The highest BCUT2D eigenvalue weighted by Crippen LogP contribution is 2.27. The van der Waals surface area contributed by atoms with Crippen molar-refractivity contribution in [1.29, 1.82) is 0 Å². The van der Waals surface area contributed by atoms with Gasteiger partial charge in [0.2, 0.25) is 0 Å². The average molecular weight is 360 g/mol. The van der Waals surface area contributed by atoms with Crippen molar-refractivity contribution in [2.75, 3.05) is 4.72 Å². The molecule has 126 valence electrons. The number of hydrogen-bond acceptors (Lipinski definition) is 3. The Kier molecular flexibility index (Phi) is 7.89. The molecule has 0 atom stereocenters. The lowest BCUT2D eigenvalue weighted by Crippen LogP contribution is -2.29. The third-order valence-corrected chi connectivity index (χ3v) is 3.59. The van der Waals surface area contributed by atoms with Crippen LogP contribution in [0.4, 0.5) is 18.9 Å². The van der Waals surface area contributed by atoms with Gasteiger partial charge in [-0.1, -0.05) is 38.8 Å². The zero-order chi connectivity index (χ0) is 17.6.